The number of aromatic amines is 1. The van der Waals surface area contributed by atoms with Gasteiger partial charge in [0, 0.05) is 42.8 Å². The first kappa shape index (κ1) is 10.5. The van der Waals surface area contributed by atoms with Gasteiger partial charge in [-0.1, -0.05) is 17.7 Å². The minimum Gasteiger partial charge on any atom is -0.361 e. The fourth-order valence-electron chi connectivity index (χ4n) is 1.55. The van der Waals surface area contributed by atoms with E-state index in [1.165, 1.54) is 10.9 Å². The Morgan fingerprint density at radius 3 is 2.93 bits per heavy atom. The highest BCUT2D eigenvalue weighted by atomic mass is 35.5. The number of benzene rings is 1. The third-order valence-corrected chi connectivity index (χ3v) is 2.55. The van der Waals surface area contributed by atoms with Crippen molar-refractivity contribution in [1.29, 1.82) is 0 Å². The lowest BCUT2D eigenvalue weighted by Crippen LogP contribution is -2.29. The summed E-state index contributed by atoms with van der Waals surface area (Å²) in [5, 5.41) is 3.92. The molecule has 2 rings (SSSR count). The molecule has 1 aromatic heterocycles. The molecule has 15 heavy (non-hydrogen) atoms. The van der Waals surface area contributed by atoms with Gasteiger partial charge in [-0.25, -0.2) is 0 Å². The largest absolute Gasteiger partial charge is 0.361 e. The predicted molar refractivity (Wildman–Crippen MR) is 63.8 cm³/mol. The minimum atomic E-state index is 0.761. The quantitative estimate of drug-likeness (QED) is 0.783. The van der Waals surface area contributed by atoms with Crippen molar-refractivity contribution in [2.45, 2.75) is 6.54 Å². The summed E-state index contributed by atoms with van der Waals surface area (Å²) in [7, 11) is 3.96. The van der Waals surface area contributed by atoms with Gasteiger partial charge >= 0.3 is 0 Å². The molecular weight excluding hydrogens is 210 g/mol. The maximum absolute atomic E-state index is 5.91. The molecule has 1 heterocycles. The third kappa shape index (κ3) is 2.31. The van der Waals surface area contributed by atoms with Crippen LogP contribution < -0.4 is 5.43 Å². The predicted octanol–water partition coefficient (Wildman–Crippen LogP) is 2.39. The zero-order valence-corrected chi connectivity index (χ0v) is 9.60. The highest BCUT2D eigenvalue weighted by Gasteiger charge is 2.03. The van der Waals surface area contributed by atoms with Crippen molar-refractivity contribution in [3.63, 3.8) is 0 Å². The van der Waals surface area contributed by atoms with Gasteiger partial charge in [-0.05, 0) is 17.7 Å². The molecule has 0 unspecified atom stereocenters. The van der Waals surface area contributed by atoms with Crippen LogP contribution in [-0.4, -0.2) is 24.1 Å². The van der Waals surface area contributed by atoms with Crippen LogP contribution in [0.1, 0.15) is 5.56 Å². The Bertz CT molecular complexity index is 462. The zero-order valence-electron chi connectivity index (χ0n) is 8.84. The number of H-pyrrole nitrogens is 1. The van der Waals surface area contributed by atoms with Crippen LogP contribution in [-0.2, 0) is 6.54 Å². The maximum Gasteiger partial charge on any atom is 0.0472 e. The van der Waals surface area contributed by atoms with Crippen LogP contribution in [0, 0.1) is 0 Å². The van der Waals surface area contributed by atoms with Crippen LogP contribution in [0.4, 0.5) is 0 Å². The van der Waals surface area contributed by atoms with Crippen molar-refractivity contribution >= 4 is 22.5 Å². The Morgan fingerprint density at radius 2 is 2.20 bits per heavy atom. The van der Waals surface area contributed by atoms with Crippen molar-refractivity contribution in [3.05, 3.63) is 35.0 Å². The Balaban J connectivity index is 2.29. The number of fused-ring (bicyclic) bond motifs is 1. The maximum atomic E-state index is 5.91. The normalized spacial score (nSPS) is 11.5. The van der Waals surface area contributed by atoms with Crippen LogP contribution in [0.5, 0.6) is 0 Å². The van der Waals surface area contributed by atoms with Gasteiger partial charge in [0.1, 0.15) is 0 Å². The molecule has 0 aliphatic carbocycles. The molecular formula is C11H14ClN3. The van der Waals surface area contributed by atoms with Gasteiger partial charge in [-0.2, -0.15) is 0 Å². The standard InChI is InChI=1S/C11H14ClN3/c1-15(2)14-7-8-6-13-11-5-9(12)3-4-10(8)11/h3-6,13-14H,7H2,1-2H3. The van der Waals surface area contributed by atoms with Crippen LogP contribution in [0.25, 0.3) is 10.9 Å². The molecule has 0 spiro atoms. The molecule has 1 aromatic carbocycles. The first-order chi connectivity index (χ1) is 7.16. The van der Waals surface area contributed by atoms with E-state index in [1.54, 1.807) is 0 Å². The summed E-state index contributed by atoms with van der Waals surface area (Å²) in [6.07, 6.45) is 2.01. The van der Waals surface area contributed by atoms with Gasteiger partial charge in [0.25, 0.3) is 0 Å². The summed E-state index contributed by atoms with van der Waals surface area (Å²) < 4.78 is 0. The number of nitrogens with zero attached hydrogens (tertiary/aromatic N) is 1. The molecule has 3 nitrogen and oxygen atoms in total. The van der Waals surface area contributed by atoms with Crippen molar-refractivity contribution in [3.8, 4) is 0 Å². The fraction of sp³-hybridized carbons (Fsp3) is 0.273. The smallest absolute Gasteiger partial charge is 0.0472 e. The van der Waals surface area contributed by atoms with E-state index in [2.05, 4.69) is 10.4 Å². The van der Waals surface area contributed by atoms with E-state index in [0.717, 1.165) is 17.1 Å². The van der Waals surface area contributed by atoms with E-state index in [0.29, 0.717) is 0 Å². The molecule has 0 aliphatic rings. The minimum absolute atomic E-state index is 0.761. The Hall–Kier alpha value is -1.03. The van der Waals surface area contributed by atoms with E-state index in [1.807, 2.05) is 43.5 Å². The second-order valence-corrected chi connectivity index (χ2v) is 4.17. The number of rotatable bonds is 3. The van der Waals surface area contributed by atoms with Crippen molar-refractivity contribution in [1.82, 2.24) is 15.4 Å². The molecule has 0 fully saturated rings. The zero-order chi connectivity index (χ0) is 10.8. The lowest BCUT2D eigenvalue weighted by molar-refractivity contribution is 0.286. The molecule has 4 heteroatoms. The van der Waals surface area contributed by atoms with Gasteiger partial charge in [-0.15, -0.1) is 0 Å². The van der Waals surface area contributed by atoms with Gasteiger partial charge < -0.3 is 4.98 Å². The van der Waals surface area contributed by atoms with E-state index >= 15 is 0 Å². The number of nitrogens with one attached hydrogen (secondary N) is 2. The Kier molecular flexibility index (Phi) is 2.95. The summed E-state index contributed by atoms with van der Waals surface area (Å²) in [6.45, 7) is 0.814. The molecule has 2 N–H and O–H groups in total. The van der Waals surface area contributed by atoms with Crippen LogP contribution in [0.3, 0.4) is 0 Å². The van der Waals surface area contributed by atoms with E-state index in [-0.39, 0.29) is 0 Å². The summed E-state index contributed by atoms with van der Waals surface area (Å²) in [5.41, 5.74) is 5.56. The monoisotopic (exact) mass is 223 g/mol. The summed E-state index contributed by atoms with van der Waals surface area (Å²) in [4.78, 5) is 3.21. The van der Waals surface area contributed by atoms with Crippen LogP contribution >= 0.6 is 11.6 Å². The molecule has 0 bridgehead atoms. The molecule has 2 aromatic rings. The van der Waals surface area contributed by atoms with Crippen molar-refractivity contribution < 1.29 is 0 Å². The topological polar surface area (TPSA) is 31.1 Å². The average molecular weight is 224 g/mol. The lowest BCUT2D eigenvalue weighted by atomic mass is 10.2. The number of halogens is 1. The van der Waals surface area contributed by atoms with Crippen molar-refractivity contribution in [2.24, 2.45) is 0 Å². The fourth-order valence-corrected chi connectivity index (χ4v) is 1.72. The average Bonchev–Trinajstić information content (AvgIpc) is 2.57. The highest BCUT2D eigenvalue weighted by Crippen LogP contribution is 2.21. The van der Waals surface area contributed by atoms with E-state index < -0.39 is 0 Å². The molecule has 80 valence electrons. The van der Waals surface area contributed by atoms with Crippen LogP contribution in [0.2, 0.25) is 5.02 Å². The number of hydrazine groups is 1. The second kappa shape index (κ2) is 4.23. The SMILES string of the molecule is CN(C)NCc1c[nH]c2cc(Cl)ccc12. The molecule has 0 amide bonds. The van der Waals surface area contributed by atoms with Gasteiger partial charge in [-0.3, -0.25) is 10.4 Å². The molecule has 0 saturated carbocycles. The summed E-state index contributed by atoms with van der Waals surface area (Å²) >= 11 is 5.91. The number of hydrogen-bond donors (Lipinski definition) is 2. The first-order valence-electron chi connectivity index (χ1n) is 4.83. The lowest BCUT2D eigenvalue weighted by Gasteiger charge is -2.10. The summed E-state index contributed by atoms with van der Waals surface area (Å²) in [5.74, 6) is 0. The third-order valence-electron chi connectivity index (χ3n) is 2.32. The first-order valence-corrected chi connectivity index (χ1v) is 5.21. The molecule has 0 aliphatic heterocycles. The van der Waals surface area contributed by atoms with Crippen LogP contribution in [0.15, 0.2) is 24.4 Å². The Morgan fingerprint density at radius 1 is 1.40 bits per heavy atom. The van der Waals surface area contributed by atoms with Gasteiger partial charge in [0.15, 0.2) is 0 Å². The van der Waals surface area contributed by atoms with Crippen molar-refractivity contribution in [2.75, 3.05) is 14.1 Å². The second-order valence-electron chi connectivity index (χ2n) is 3.73. The highest BCUT2D eigenvalue weighted by molar-refractivity contribution is 6.31. The molecule has 0 radical (unpaired) electrons. The summed E-state index contributed by atoms with van der Waals surface area (Å²) in [6, 6.07) is 5.90. The number of aromatic nitrogens is 1. The molecule has 0 saturated heterocycles. The van der Waals surface area contributed by atoms with Gasteiger partial charge in [0.05, 0.1) is 0 Å². The van der Waals surface area contributed by atoms with E-state index in [4.69, 9.17) is 11.6 Å². The van der Waals surface area contributed by atoms with E-state index in [9.17, 15) is 0 Å². The molecule has 0 atom stereocenters. The van der Waals surface area contributed by atoms with Gasteiger partial charge in [0.2, 0.25) is 0 Å². The number of hydrogen-bond acceptors (Lipinski definition) is 2. The Labute approximate surface area is 94.0 Å².